The van der Waals surface area contributed by atoms with E-state index in [4.69, 9.17) is 4.98 Å². The van der Waals surface area contributed by atoms with E-state index in [0.29, 0.717) is 23.4 Å². The minimum Gasteiger partial charge on any atom is -0.390 e. The Morgan fingerprint density at radius 2 is 1.88 bits per heavy atom. The summed E-state index contributed by atoms with van der Waals surface area (Å²) in [5, 5.41) is 14.5. The molecule has 2 heterocycles. The zero-order valence-corrected chi connectivity index (χ0v) is 19.8. The maximum absolute atomic E-state index is 12.0. The van der Waals surface area contributed by atoms with Crippen molar-refractivity contribution in [2.24, 2.45) is 5.92 Å². The number of nitrogens with zero attached hydrogens (tertiary/aromatic N) is 4. The van der Waals surface area contributed by atoms with Crippen molar-refractivity contribution in [3.05, 3.63) is 42.7 Å². The molecule has 9 heteroatoms. The summed E-state index contributed by atoms with van der Waals surface area (Å²) >= 11 is 0. The number of hydrogen-bond donors (Lipinski definition) is 2. The number of fused-ring (bicyclic) bond motifs is 1. The van der Waals surface area contributed by atoms with Gasteiger partial charge in [0.25, 0.3) is 0 Å². The van der Waals surface area contributed by atoms with Gasteiger partial charge in [-0.2, -0.15) is 4.98 Å². The highest BCUT2D eigenvalue weighted by atomic mass is 32.2. The predicted molar refractivity (Wildman–Crippen MR) is 128 cm³/mol. The van der Waals surface area contributed by atoms with E-state index >= 15 is 0 Å². The summed E-state index contributed by atoms with van der Waals surface area (Å²) in [6.07, 6.45) is 8.70. The highest BCUT2D eigenvalue weighted by Crippen LogP contribution is 2.34. The largest absolute Gasteiger partial charge is 0.390 e. The van der Waals surface area contributed by atoms with Crippen molar-refractivity contribution in [3.8, 4) is 5.82 Å². The van der Waals surface area contributed by atoms with E-state index in [1.807, 2.05) is 48.9 Å². The van der Waals surface area contributed by atoms with Crippen LogP contribution in [0.5, 0.6) is 0 Å². The second-order valence-electron chi connectivity index (χ2n) is 9.21. The maximum atomic E-state index is 12.0. The fourth-order valence-electron chi connectivity index (χ4n) is 4.48. The SMILES string of the molecule is CN(c1cccc2c1ccn2-c1ccnc(NC2CCC(C(C)(C)O)CC2)n1)S(C)(=O)=O. The molecule has 4 rings (SSSR count). The molecule has 3 aromatic rings. The Labute approximate surface area is 189 Å². The van der Waals surface area contributed by atoms with E-state index in [0.717, 1.165) is 36.6 Å². The van der Waals surface area contributed by atoms with Crippen LogP contribution >= 0.6 is 0 Å². The van der Waals surface area contributed by atoms with Crippen molar-refractivity contribution in [1.29, 1.82) is 0 Å². The minimum absolute atomic E-state index is 0.278. The predicted octanol–water partition coefficient (Wildman–Crippen LogP) is 3.56. The smallest absolute Gasteiger partial charge is 0.232 e. The number of benzene rings is 1. The molecule has 172 valence electrons. The number of hydrogen-bond acceptors (Lipinski definition) is 6. The van der Waals surface area contributed by atoms with Gasteiger partial charge in [-0.25, -0.2) is 13.4 Å². The van der Waals surface area contributed by atoms with Gasteiger partial charge in [-0.15, -0.1) is 0 Å². The number of aromatic nitrogens is 3. The molecule has 0 spiro atoms. The van der Waals surface area contributed by atoms with Gasteiger partial charge < -0.3 is 15.0 Å². The van der Waals surface area contributed by atoms with Crippen molar-refractivity contribution in [3.63, 3.8) is 0 Å². The third-order valence-electron chi connectivity index (χ3n) is 6.49. The van der Waals surface area contributed by atoms with Gasteiger partial charge in [0, 0.05) is 30.9 Å². The molecule has 1 aliphatic carbocycles. The zero-order valence-electron chi connectivity index (χ0n) is 19.0. The minimum atomic E-state index is -3.37. The van der Waals surface area contributed by atoms with E-state index in [1.54, 1.807) is 19.3 Å². The monoisotopic (exact) mass is 457 g/mol. The van der Waals surface area contributed by atoms with Crippen LogP contribution in [0.15, 0.2) is 42.7 Å². The van der Waals surface area contributed by atoms with Crippen LogP contribution in [-0.2, 0) is 10.0 Å². The summed E-state index contributed by atoms with van der Waals surface area (Å²) < 4.78 is 27.3. The molecule has 0 radical (unpaired) electrons. The normalized spacial score (nSPS) is 19.8. The molecule has 1 aromatic carbocycles. The van der Waals surface area contributed by atoms with Crippen molar-refractivity contribution >= 4 is 32.6 Å². The fourth-order valence-corrected chi connectivity index (χ4v) is 5.00. The van der Waals surface area contributed by atoms with Crippen LogP contribution < -0.4 is 9.62 Å². The number of anilines is 2. The first kappa shape index (κ1) is 22.5. The van der Waals surface area contributed by atoms with E-state index in [1.165, 1.54) is 10.6 Å². The Morgan fingerprint density at radius 3 is 2.53 bits per heavy atom. The standard InChI is InChI=1S/C23H31N5O3S/c1-23(2,29)16-8-10-17(11-9-16)25-22-24-14-12-21(26-22)28-15-13-18-19(6-5-7-20(18)28)27(3)32(4,30)31/h5-7,12-17,29H,8-11H2,1-4H3,(H,24,25,26). The average Bonchev–Trinajstić information content (AvgIpc) is 3.17. The van der Waals surface area contributed by atoms with Gasteiger partial charge in [-0.05, 0) is 69.7 Å². The molecule has 1 fully saturated rings. The molecular formula is C23H31N5O3S. The van der Waals surface area contributed by atoms with E-state index in [-0.39, 0.29) is 6.04 Å². The lowest BCUT2D eigenvalue weighted by Gasteiger charge is -2.36. The molecule has 0 aliphatic heterocycles. The molecule has 0 amide bonds. The van der Waals surface area contributed by atoms with Gasteiger partial charge >= 0.3 is 0 Å². The Balaban J connectivity index is 1.57. The quantitative estimate of drug-likeness (QED) is 0.587. The van der Waals surface area contributed by atoms with Gasteiger partial charge in [-0.1, -0.05) is 6.07 Å². The van der Waals surface area contributed by atoms with Crippen LogP contribution in [0.2, 0.25) is 0 Å². The second-order valence-corrected chi connectivity index (χ2v) is 11.2. The first-order chi connectivity index (χ1) is 15.0. The number of sulfonamides is 1. The lowest BCUT2D eigenvalue weighted by Crippen LogP contribution is -2.37. The highest BCUT2D eigenvalue weighted by Gasteiger charge is 2.31. The van der Waals surface area contributed by atoms with Crippen molar-refractivity contribution in [2.45, 2.75) is 51.2 Å². The molecule has 8 nitrogen and oxygen atoms in total. The molecule has 2 N–H and O–H groups in total. The molecule has 2 aromatic heterocycles. The first-order valence-electron chi connectivity index (χ1n) is 10.9. The molecular weight excluding hydrogens is 426 g/mol. The second kappa shape index (κ2) is 8.37. The lowest BCUT2D eigenvalue weighted by molar-refractivity contribution is -0.000415. The van der Waals surface area contributed by atoms with Crippen LogP contribution in [-0.4, -0.2) is 53.0 Å². The zero-order chi connectivity index (χ0) is 23.1. The first-order valence-corrected chi connectivity index (χ1v) is 12.7. The van der Waals surface area contributed by atoms with Crippen LogP contribution in [0, 0.1) is 5.92 Å². The summed E-state index contributed by atoms with van der Waals surface area (Å²) in [5.41, 5.74) is 0.856. The number of rotatable bonds is 6. The lowest BCUT2D eigenvalue weighted by atomic mass is 9.77. The number of aliphatic hydroxyl groups is 1. The van der Waals surface area contributed by atoms with Crippen LogP contribution in [0.25, 0.3) is 16.7 Å². The Kier molecular flexibility index (Phi) is 5.89. The molecule has 1 aliphatic rings. The molecule has 0 bridgehead atoms. The topological polar surface area (TPSA) is 100 Å². The summed E-state index contributed by atoms with van der Waals surface area (Å²) in [6, 6.07) is 9.60. The summed E-state index contributed by atoms with van der Waals surface area (Å²) in [6.45, 7) is 3.77. The van der Waals surface area contributed by atoms with Gasteiger partial charge in [0.15, 0.2) is 0 Å². The number of nitrogens with one attached hydrogen (secondary N) is 1. The molecule has 1 saturated carbocycles. The highest BCUT2D eigenvalue weighted by molar-refractivity contribution is 7.92. The third kappa shape index (κ3) is 4.59. The summed E-state index contributed by atoms with van der Waals surface area (Å²) in [4.78, 5) is 9.11. The average molecular weight is 458 g/mol. The van der Waals surface area contributed by atoms with Crippen LogP contribution in [0.1, 0.15) is 39.5 Å². The molecule has 0 unspecified atom stereocenters. The molecule has 0 atom stereocenters. The summed E-state index contributed by atoms with van der Waals surface area (Å²) in [5.74, 6) is 1.60. The Bertz CT molecular complexity index is 1210. The van der Waals surface area contributed by atoms with E-state index in [9.17, 15) is 13.5 Å². The van der Waals surface area contributed by atoms with Gasteiger partial charge in [-0.3, -0.25) is 4.31 Å². The Hall–Kier alpha value is -2.65. The van der Waals surface area contributed by atoms with Crippen molar-refractivity contribution in [1.82, 2.24) is 14.5 Å². The van der Waals surface area contributed by atoms with Crippen LogP contribution in [0.4, 0.5) is 11.6 Å². The fraction of sp³-hybridized carbons (Fsp3) is 0.478. The van der Waals surface area contributed by atoms with Gasteiger partial charge in [0.05, 0.1) is 23.1 Å². The van der Waals surface area contributed by atoms with E-state index < -0.39 is 15.6 Å². The third-order valence-corrected chi connectivity index (χ3v) is 7.69. The van der Waals surface area contributed by atoms with Crippen molar-refractivity contribution < 1.29 is 13.5 Å². The van der Waals surface area contributed by atoms with E-state index in [2.05, 4.69) is 10.3 Å². The van der Waals surface area contributed by atoms with Gasteiger partial charge in [0.1, 0.15) is 5.82 Å². The maximum Gasteiger partial charge on any atom is 0.232 e. The van der Waals surface area contributed by atoms with Crippen molar-refractivity contribution in [2.75, 3.05) is 22.9 Å². The summed E-state index contributed by atoms with van der Waals surface area (Å²) in [7, 11) is -1.81. The molecule has 0 saturated heterocycles. The Morgan fingerprint density at radius 1 is 1.16 bits per heavy atom. The van der Waals surface area contributed by atoms with Gasteiger partial charge in [0.2, 0.25) is 16.0 Å². The van der Waals surface area contributed by atoms with Crippen LogP contribution in [0.3, 0.4) is 0 Å². The molecule has 32 heavy (non-hydrogen) atoms.